The normalized spacial score (nSPS) is 11.4. The van der Waals surface area contributed by atoms with Crippen LogP contribution < -0.4 is 25.6 Å². The number of anilines is 3. The summed E-state index contributed by atoms with van der Waals surface area (Å²) in [6.45, 7) is 4.14. The fraction of sp³-hybridized carbons (Fsp3) is 0.174. The molecule has 0 saturated heterocycles. The van der Waals surface area contributed by atoms with E-state index in [4.69, 9.17) is 15.6 Å². The largest absolute Gasteiger partial charge is 0.490 e. The van der Waals surface area contributed by atoms with Crippen LogP contribution in [0, 0.1) is 11.3 Å². The predicted octanol–water partition coefficient (Wildman–Crippen LogP) is 3.69. The van der Waals surface area contributed by atoms with E-state index in [0.29, 0.717) is 0 Å². The Bertz CT molecular complexity index is 1230. The average Bonchev–Trinajstić information content (AvgIpc) is 2.72. The maximum Gasteiger partial charge on any atom is 0.296 e. The first-order chi connectivity index (χ1) is 15.1. The topological polar surface area (TPSA) is 143 Å². The van der Waals surface area contributed by atoms with E-state index >= 15 is 0 Å². The van der Waals surface area contributed by atoms with Gasteiger partial charge in [-0.25, -0.2) is 5.14 Å². The number of ether oxygens (including phenoxy) is 1. The first-order valence-corrected chi connectivity index (χ1v) is 11.3. The molecule has 0 bridgehead atoms. The van der Waals surface area contributed by atoms with Gasteiger partial charge >= 0.3 is 0 Å². The number of nitrogen functional groups attached to an aromatic ring is 1. The van der Waals surface area contributed by atoms with Gasteiger partial charge in [-0.05, 0) is 61.4 Å². The lowest BCUT2D eigenvalue weighted by molar-refractivity contribution is 0.256. The van der Waals surface area contributed by atoms with Crippen LogP contribution in [0.3, 0.4) is 0 Å². The van der Waals surface area contributed by atoms with E-state index in [1.54, 1.807) is 12.1 Å². The molecule has 0 spiro atoms. The van der Waals surface area contributed by atoms with Crippen molar-refractivity contribution in [3.63, 3.8) is 0 Å². The van der Waals surface area contributed by atoms with Gasteiger partial charge in [0.15, 0.2) is 0 Å². The summed E-state index contributed by atoms with van der Waals surface area (Å²) in [5, 5.41) is 17.9. The summed E-state index contributed by atoms with van der Waals surface area (Å²) < 4.78 is 30.6. The molecule has 166 valence electrons. The smallest absolute Gasteiger partial charge is 0.296 e. The van der Waals surface area contributed by atoms with Crippen LogP contribution in [-0.2, 0) is 10.2 Å². The minimum Gasteiger partial charge on any atom is -0.490 e. The fourth-order valence-electron chi connectivity index (χ4n) is 3.11. The van der Waals surface area contributed by atoms with E-state index in [2.05, 4.69) is 10.0 Å². The van der Waals surface area contributed by atoms with Crippen LogP contribution in [0.25, 0.3) is 11.1 Å². The third-order valence-corrected chi connectivity index (χ3v) is 5.09. The van der Waals surface area contributed by atoms with Gasteiger partial charge in [0.1, 0.15) is 24.0 Å². The van der Waals surface area contributed by atoms with Crippen LogP contribution in [0.5, 0.6) is 5.75 Å². The molecule has 0 atom stereocenters. The van der Waals surface area contributed by atoms with Crippen LogP contribution >= 0.6 is 0 Å². The minimum absolute atomic E-state index is 0.0603. The minimum atomic E-state index is -4.01. The van der Waals surface area contributed by atoms with Crippen molar-refractivity contribution in [3.05, 3.63) is 72.3 Å². The highest BCUT2D eigenvalue weighted by Crippen LogP contribution is 2.28. The Morgan fingerprint density at radius 2 is 1.59 bits per heavy atom. The predicted molar refractivity (Wildman–Crippen MR) is 127 cm³/mol. The SMILES string of the molecule is CC(C)(COc1cccc(NS(N)(=O)=O)c1C#N)Nc1ccc(-c2ccc(N)cc2)cc1. The Balaban J connectivity index is 1.69. The quantitative estimate of drug-likeness (QED) is 0.385. The molecule has 8 nitrogen and oxygen atoms in total. The van der Waals surface area contributed by atoms with Crippen LogP contribution in [0.15, 0.2) is 66.7 Å². The number of nitrogens with one attached hydrogen (secondary N) is 2. The number of nitriles is 1. The van der Waals surface area contributed by atoms with Crippen LogP contribution in [0.4, 0.5) is 17.1 Å². The molecule has 0 radical (unpaired) electrons. The van der Waals surface area contributed by atoms with Gasteiger partial charge in [-0.3, -0.25) is 4.72 Å². The number of rotatable bonds is 8. The third-order valence-electron chi connectivity index (χ3n) is 4.59. The summed E-state index contributed by atoms with van der Waals surface area (Å²) in [5.41, 5.74) is 9.16. The summed E-state index contributed by atoms with van der Waals surface area (Å²) in [4.78, 5) is 0. The molecule has 3 rings (SSSR count). The molecule has 32 heavy (non-hydrogen) atoms. The molecule has 0 aliphatic rings. The van der Waals surface area contributed by atoms with Gasteiger partial charge in [-0.1, -0.05) is 30.3 Å². The third kappa shape index (κ3) is 6.14. The molecule has 3 aromatic carbocycles. The zero-order chi connectivity index (χ0) is 23.4. The molecule has 0 unspecified atom stereocenters. The van der Waals surface area contributed by atoms with E-state index in [0.717, 1.165) is 22.5 Å². The lowest BCUT2D eigenvalue weighted by atomic mass is 10.0. The molecule has 0 saturated carbocycles. The molecule has 0 aliphatic carbocycles. The van der Waals surface area contributed by atoms with E-state index in [1.807, 2.05) is 68.4 Å². The van der Waals surface area contributed by atoms with Gasteiger partial charge in [-0.15, -0.1) is 0 Å². The van der Waals surface area contributed by atoms with Crippen molar-refractivity contribution in [2.45, 2.75) is 19.4 Å². The monoisotopic (exact) mass is 451 g/mol. The van der Waals surface area contributed by atoms with E-state index in [1.165, 1.54) is 6.07 Å². The molecule has 0 aliphatic heterocycles. The van der Waals surface area contributed by atoms with Crippen molar-refractivity contribution in [2.75, 3.05) is 22.4 Å². The summed E-state index contributed by atoms with van der Waals surface area (Å²) in [5.74, 6) is 0.259. The zero-order valence-corrected chi connectivity index (χ0v) is 18.6. The van der Waals surface area contributed by atoms with Gasteiger partial charge in [0.05, 0.1) is 11.2 Å². The highest BCUT2D eigenvalue weighted by atomic mass is 32.2. The summed E-state index contributed by atoms with van der Waals surface area (Å²) in [6.07, 6.45) is 0. The van der Waals surface area contributed by atoms with Gasteiger partial charge < -0.3 is 15.8 Å². The van der Waals surface area contributed by atoms with Gasteiger partial charge in [-0.2, -0.15) is 13.7 Å². The van der Waals surface area contributed by atoms with Crippen molar-refractivity contribution in [1.29, 1.82) is 5.26 Å². The van der Waals surface area contributed by atoms with Crippen molar-refractivity contribution in [1.82, 2.24) is 0 Å². The molecule has 0 amide bonds. The summed E-state index contributed by atoms with van der Waals surface area (Å²) >= 11 is 0. The lowest BCUT2D eigenvalue weighted by Crippen LogP contribution is -2.37. The Hall–Kier alpha value is -3.74. The van der Waals surface area contributed by atoms with E-state index < -0.39 is 15.7 Å². The number of nitrogens with zero attached hydrogens (tertiary/aromatic N) is 1. The average molecular weight is 452 g/mol. The van der Waals surface area contributed by atoms with Crippen molar-refractivity contribution in [2.24, 2.45) is 5.14 Å². The Kier molecular flexibility index (Phi) is 6.58. The van der Waals surface area contributed by atoms with E-state index in [-0.39, 0.29) is 23.6 Å². The number of hydrogen-bond donors (Lipinski definition) is 4. The number of hydrogen-bond acceptors (Lipinski definition) is 6. The van der Waals surface area contributed by atoms with Crippen molar-refractivity contribution in [3.8, 4) is 22.9 Å². The Morgan fingerprint density at radius 1 is 1.00 bits per heavy atom. The number of benzene rings is 3. The standard InChI is InChI=1S/C23H25N5O3S/c1-23(2,15-31-22-5-3-4-21(20(22)14-24)28-32(26,29)30)27-19-12-8-17(9-13-19)16-6-10-18(25)11-7-16/h3-13,27-28H,15,25H2,1-2H3,(H2,26,29,30). The molecule has 3 aromatic rings. The van der Waals surface area contributed by atoms with Crippen LogP contribution in [0.2, 0.25) is 0 Å². The summed E-state index contributed by atoms with van der Waals surface area (Å²) in [7, 11) is -4.01. The second-order valence-corrected chi connectivity index (χ2v) is 9.23. The highest BCUT2D eigenvalue weighted by molar-refractivity contribution is 7.90. The molecule has 0 aromatic heterocycles. The Labute approximate surface area is 188 Å². The highest BCUT2D eigenvalue weighted by Gasteiger charge is 2.21. The van der Waals surface area contributed by atoms with Crippen LogP contribution in [0.1, 0.15) is 19.4 Å². The van der Waals surface area contributed by atoms with Crippen LogP contribution in [-0.4, -0.2) is 20.6 Å². The first-order valence-electron chi connectivity index (χ1n) is 9.77. The molecular formula is C23H25N5O3S. The fourth-order valence-corrected chi connectivity index (χ4v) is 3.59. The second-order valence-electron chi connectivity index (χ2n) is 7.93. The number of nitrogens with two attached hydrogens (primary N) is 2. The van der Waals surface area contributed by atoms with Gasteiger partial charge in [0.25, 0.3) is 10.2 Å². The zero-order valence-electron chi connectivity index (χ0n) is 17.8. The molecule has 0 fully saturated rings. The first kappa shape index (κ1) is 22.9. The van der Waals surface area contributed by atoms with Crippen molar-refractivity contribution < 1.29 is 13.2 Å². The molecular weight excluding hydrogens is 426 g/mol. The van der Waals surface area contributed by atoms with E-state index in [9.17, 15) is 13.7 Å². The lowest BCUT2D eigenvalue weighted by Gasteiger charge is -2.28. The van der Waals surface area contributed by atoms with Gasteiger partial charge in [0, 0.05) is 11.4 Å². The second kappa shape index (κ2) is 9.18. The molecule has 9 heteroatoms. The maximum absolute atomic E-state index is 11.3. The van der Waals surface area contributed by atoms with Crippen molar-refractivity contribution >= 4 is 27.3 Å². The molecule has 0 heterocycles. The maximum atomic E-state index is 11.3. The summed E-state index contributed by atoms with van der Waals surface area (Å²) in [6, 6.07) is 22.3. The molecule has 6 N–H and O–H groups in total. The van der Waals surface area contributed by atoms with Gasteiger partial charge in [0.2, 0.25) is 0 Å². The Morgan fingerprint density at radius 3 is 2.16 bits per heavy atom.